The molecule has 1 aromatic heterocycles. The fraction of sp³-hybridized carbons (Fsp3) is 0.615. The van der Waals surface area contributed by atoms with Crippen molar-refractivity contribution < 1.29 is 4.79 Å². The predicted octanol–water partition coefficient (Wildman–Crippen LogP) is 1.54. The number of primary amides is 1. The van der Waals surface area contributed by atoms with E-state index < -0.39 is 0 Å². The van der Waals surface area contributed by atoms with E-state index in [1.54, 1.807) is 0 Å². The third-order valence-corrected chi connectivity index (χ3v) is 2.51. The molecule has 0 aliphatic heterocycles. The molecule has 6 heteroatoms. The SMILES string of the molecule is CCCc1nc(NCC)cc(NC(C)CC(N)=O)n1. The average Bonchev–Trinajstić information content (AvgIpc) is 2.28. The Morgan fingerprint density at radius 2 is 2.05 bits per heavy atom. The lowest BCUT2D eigenvalue weighted by Gasteiger charge is -2.14. The van der Waals surface area contributed by atoms with Gasteiger partial charge in [0.05, 0.1) is 0 Å². The van der Waals surface area contributed by atoms with Gasteiger partial charge in [-0.25, -0.2) is 9.97 Å². The minimum atomic E-state index is -0.324. The van der Waals surface area contributed by atoms with E-state index in [2.05, 4.69) is 27.5 Å². The molecule has 0 aliphatic carbocycles. The first-order chi connectivity index (χ1) is 9.05. The number of nitrogens with one attached hydrogen (secondary N) is 2. The highest BCUT2D eigenvalue weighted by Crippen LogP contribution is 2.14. The lowest BCUT2D eigenvalue weighted by atomic mass is 10.2. The van der Waals surface area contributed by atoms with Crippen LogP contribution in [-0.4, -0.2) is 28.5 Å². The standard InChI is InChI=1S/C13H23N5O/c1-4-6-11-17-12(15-5-2)8-13(18-11)16-9(3)7-10(14)19/h8-9H,4-7H2,1-3H3,(H2,14,19)(H2,15,16,17,18). The molecule has 106 valence electrons. The van der Waals surface area contributed by atoms with Gasteiger partial charge in [0.1, 0.15) is 17.5 Å². The zero-order chi connectivity index (χ0) is 14.3. The lowest BCUT2D eigenvalue weighted by molar-refractivity contribution is -0.118. The number of anilines is 2. The number of nitrogens with zero attached hydrogens (tertiary/aromatic N) is 2. The molecule has 1 amide bonds. The number of aromatic nitrogens is 2. The molecule has 0 aliphatic rings. The minimum absolute atomic E-state index is 0.0450. The van der Waals surface area contributed by atoms with Crippen molar-refractivity contribution in [1.29, 1.82) is 0 Å². The predicted molar refractivity (Wildman–Crippen MR) is 77.1 cm³/mol. The first kappa shape index (κ1) is 15.2. The van der Waals surface area contributed by atoms with Gasteiger partial charge in [-0.15, -0.1) is 0 Å². The van der Waals surface area contributed by atoms with Crippen molar-refractivity contribution in [3.8, 4) is 0 Å². The van der Waals surface area contributed by atoms with Gasteiger partial charge < -0.3 is 16.4 Å². The van der Waals surface area contributed by atoms with Crippen molar-refractivity contribution in [3.05, 3.63) is 11.9 Å². The second-order valence-electron chi connectivity index (χ2n) is 4.55. The van der Waals surface area contributed by atoms with E-state index in [1.807, 2.05) is 19.9 Å². The van der Waals surface area contributed by atoms with Crippen molar-refractivity contribution >= 4 is 17.5 Å². The molecule has 4 N–H and O–H groups in total. The van der Waals surface area contributed by atoms with Crippen LogP contribution in [0, 0.1) is 0 Å². The number of carbonyl (C=O) groups is 1. The van der Waals surface area contributed by atoms with Crippen LogP contribution < -0.4 is 16.4 Å². The highest BCUT2D eigenvalue weighted by molar-refractivity contribution is 5.74. The molecular weight excluding hydrogens is 242 g/mol. The quantitative estimate of drug-likeness (QED) is 0.663. The van der Waals surface area contributed by atoms with Crippen LogP contribution in [0.2, 0.25) is 0 Å². The van der Waals surface area contributed by atoms with E-state index in [0.717, 1.165) is 36.8 Å². The van der Waals surface area contributed by atoms with Crippen LogP contribution in [0.3, 0.4) is 0 Å². The van der Waals surface area contributed by atoms with Gasteiger partial charge in [0, 0.05) is 31.5 Å². The summed E-state index contributed by atoms with van der Waals surface area (Å²) in [5, 5.41) is 6.36. The summed E-state index contributed by atoms with van der Waals surface area (Å²) in [7, 11) is 0. The van der Waals surface area contributed by atoms with E-state index in [0.29, 0.717) is 0 Å². The van der Waals surface area contributed by atoms with Crippen molar-refractivity contribution in [3.63, 3.8) is 0 Å². The summed E-state index contributed by atoms with van der Waals surface area (Å²) < 4.78 is 0. The second kappa shape index (κ2) is 7.56. The van der Waals surface area contributed by atoms with Gasteiger partial charge in [-0.1, -0.05) is 6.92 Å². The zero-order valence-corrected chi connectivity index (χ0v) is 11.9. The van der Waals surface area contributed by atoms with Crippen LogP contribution in [0.15, 0.2) is 6.07 Å². The molecule has 0 aromatic carbocycles. The number of aryl methyl sites for hydroxylation is 1. The Kier molecular flexibility index (Phi) is 6.05. The molecule has 0 spiro atoms. The third kappa shape index (κ3) is 5.54. The van der Waals surface area contributed by atoms with Crippen molar-refractivity contribution in [2.75, 3.05) is 17.2 Å². The average molecular weight is 265 g/mol. The van der Waals surface area contributed by atoms with Crippen molar-refractivity contribution in [2.45, 2.75) is 46.1 Å². The fourth-order valence-electron chi connectivity index (χ4n) is 1.78. The normalized spacial score (nSPS) is 11.9. The summed E-state index contributed by atoms with van der Waals surface area (Å²) in [4.78, 5) is 19.7. The van der Waals surface area contributed by atoms with Gasteiger partial charge in [-0.05, 0) is 20.3 Å². The van der Waals surface area contributed by atoms with Crippen LogP contribution in [0.1, 0.15) is 39.4 Å². The van der Waals surface area contributed by atoms with Gasteiger partial charge in [0.15, 0.2) is 0 Å². The van der Waals surface area contributed by atoms with E-state index in [-0.39, 0.29) is 18.4 Å². The van der Waals surface area contributed by atoms with Gasteiger partial charge >= 0.3 is 0 Å². The number of hydrogen-bond acceptors (Lipinski definition) is 5. The molecular formula is C13H23N5O. The monoisotopic (exact) mass is 265 g/mol. The first-order valence-electron chi connectivity index (χ1n) is 6.71. The molecule has 6 nitrogen and oxygen atoms in total. The lowest BCUT2D eigenvalue weighted by Crippen LogP contribution is -2.24. The summed E-state index contributed by atoms with van der Waals surface area (Å²) >= 11 is 0. The molecule has 1 heterocycles. The third-order valence-electron chi connectivity index (χ3n) is 2.51. The number of rotatable bonds is 8. The van der Waals surface area contributed by atoms with Gasteiger partial charge in [0.2, 0.25) is 5.91 Å². The molecule has 1 rings (SSSR count). The maximum Gasteiger partial charge on any atom is 0.219 e. The largest absolute Gasteiger partial charge is 0.370 e. The van der Waals surface area contributed by atoms with Crippen LogP contribution in [-0.2, 0) is 11.2 Å². The number of hydrogen-bond donors (Lipinski definition) is 3. The fourth-order valence-corrected chi connectivity index (χ4v) is 1.78. The first-order valence-corrected chi connectivity index (χ1v) is 6.71. The minimum Gasteiger partial charge on any atom is -0.370 e. The molecule has 1 atom stereocenters. The Balaban J connectivity index is 2.82. The summed E-state index contributed by atoms with van der Waals surface area (Å²) in [6.07, 6.45) is 2.10. The number of amides is 1. The van der Waals surface area contributed by atoms with Crippen molar-refractivity contribution in [2.24, 2.45) is 5.73 Å². The van der Waals surface area contributed by atoms with Crippen LogP contribution >= 0.6 is 0 Å². The highest BCUT2D eigenvalue weighted by Gasteiger charge is 2.09. The van der Waals surface area contributed by atoms with Gasteiger partial charge in [-0.2, -0.15) is 0 Å². The van der Waals surface area contributed by atoms with E-state index in [1.165, 1.54) is 0 Å². The summed E-state index contributed by atoms with van der Waals surface area (Å²) in [6.45, 7) is 6.81. The van der Waals surface area contributed by atoms with Crippen molar-refractivity contribution in [1.82, 2.24) is 9.97 Å². The molecule has 0 radical (unpaired) electrons. The Hall–Kier alpha value is -1.85. The summed E-state index contributed by atoms with van der Waals surface area (Å²) in [5.74, 6) is 2.00. The molecule has 1 unspecified atom stereocenters. The highest BCUT2D eigenvalue weighted by atomic mass is 16.1. The van der Waals surface area contributed by atoms with E-state index in [9.17, 15) is 4.79 Å². The summed E-state index contributed by atoms with van der Waals surface area (Å²) in [5.41, 5.74) is 5.18. The number of carbonyl (C=O) groups excluding carboxylic acids is 1. The maximum absolute atomic E-state index is 10.9. The maximum atomic E-state index is 10.9. The molecule has 0 saturated carbocycles. The molecule has 0 fully saturated rings. The second-order valence-corrected chi connectivity index (χ2v) is 4.55. The Bertz CT molecular complexity index is 397. The molecule has 1 aromatic rings. The Morgan fingerprint density at radius 1 is 1.37 bits per heavy atom. The van der Waals surface area contributed by atoms with Crippen LogP contribution in [0.25, 0.3) is 0 Å². The molecule has 19 heavy (non-hydrogen) atoms. The topological polar surface area (TPSA) is 92.9 Å². The van der Waals surface area contributed by atoms with E-state index >= 15 is 0 Å². The Labute approximate surface area is 114 Å². The summed E-state index contributed by atoms with van der Waals surface area (Å²) in [6, 6.07) is 1.80. The molecule has 0 bridgehead atoms. The van der Waals surface area contributed by atoms with Gasteiger partial charge in [-0.3, -0.25) is 4.79 Å². The number of nitrogens with two attached hydrogens (primary N) is 1. The van der Waals surface area contributed by atoms with Crippen LogP contribution in [0.4, 0.5) is 11.6 Å². The molecule has 0 saturated heterocycles. The Morgan fingerprint density at radius 3 is 2.63 bits per heavy atom. The smallest absolute Gasteiger partial charge is 0.219 e. The van der Waals surface area contributed by atoms with Crippen LogP contribution in [0.5, 0.6) is 0 Å². The zero-order valence-electron chi connectivity index (χ0n) is 11.9. The van der Waals surface area contributed by atoms with E-state index in [4.69, 9.17) is 5.73 Å². The van der Waals surface area contributed by atoms with Gasteiger partial charge in [0.25, 0.3) is 0 Å².